The van der Waals surface area contributed by atoms with E-state index in [0.717, 1.165) is 4.47 Å². The summed E-state index contributed by atoms with van der Waals surface area (Å²) >= 11 is 16.3. The number of aliphatic hydroxyl groups is 1. The van der Waals surface area contributed by atoms with Crippen LogP contribution in [0.4, 0.5) is 4.39 Å². The summed E-state index contributed by atoms with van der Waals surface area (Å²) in [7, 11) is 0. The fourth-order valence-electron chi connectivity index (χ4n) is 1.60. The van der Waals surface area contributed by atoms with Gasteiger partial charge in [0.25, 0.3) is 0 Å². The van der Waals surface area contributed by atoms with Crippen LogP contribution in [0, 0.1) is 5.82 Å². The summed E-state index contributed by atoms with van der Waals surface area (Å²) in [5.74, 6) is -0.338. The van der Waals surface area contributed by atoms with Gasteiger partial charge in [0.2, 0.25) is 0 Å². The second-order valence-electron chi connectivity index (χ2n) is 3.74. The molecular weight excluding hydrogens is 362 g/mol. The van der Waals surface area contributed by atoms with Crippen LogP contribution in [0.25, 0.3) is 0 Å². The highest BCUT2D eigenvalue weighted by Gasteiger charge is 2.17. The van der Waals surface area contributed by atoms with Crippen molar-refractivity contribution in [3.05, 3.63) is 54.4 Å². The van der Waals surface area contributed by atoms with Gasteiger partial charge in [-0.2, -0.15) is 0 Å². The van der Waals surface area contributed by atoms with Crippen molar-refractivity contribution in [1.82, 2.24) is 0 Å². The normalized spacial score (nSPS) is 12.7. The van der Waals surface area contributed by atoms with E-state index in [4.69, 9.17) is 23.2 Å². The van der Waals surface area contributed by atoms with E-state index in [9.17, 15) is 9.50 Å². The zero-order valence-corrected chi connectivity index (χ0v) is 12.9. The summed E-state index contributed by atoms with van der Waals surface area (Å²) in [4.78, 5) is 0. The predicted molar refractivity (Wildman–Crippen MR) is 77.1 cm³/mol. The maximum absolute atomic E-state index is 13.1. The van der Waals surface area contributed by atoms with Crippen LogP contribution in [-0.4, -0.2) is 5.11 Å². The lowest BCUT2D eigenvalue weighted by Crippen LogP contribution is -2.02. The molecule has 1 unspecified atom stereocenters. The first-order valence-electron chi connectivity index (χ1n) is 5.04. The lowest BCUT2D eigenvalue weighted by atomic mass is 10.0. The fraction of sp³-hybridized carbons (Fsp3) is 0.167. The molecule has 0 amide bonds. The molecule has 0 fully saturated rings. The molecule has 1 N–H and O–H groups in total. The van der Waals surface area contributed by atoms with Gasteiger partial charge in [-0.05, 0) is 29.8 Å². The van der Waals surface area contributed by atoms with Crippen LogP contribution in [0.2, 0.25) is 8.67 Å². The Bertz CT molecular complexity index is 573. The van der Waals surface area contributed by atoms with Crippen LogP contribution in [-0.2, 0) is 6.42 Å². The van der Waals surface area contributed by atoms with E-state index in [1.54, 1.807) is 12.1 Å². The van der Waals surface area contributed by atoms with Crippen LogP contribution in [0.3, 0.4) is 0 Å². The summed E-state index contributed by atoms with van der Waals surface area (Å²) in [6.45, 7) is 0. The summed E-state index contributed by atoms with van der Waals surface area (Å²) < 4.78 is 14.9. The first kappa shape index (κ1) is 14.3. The third kappa shape index (κ3) is 3.25. The van der Waals surface area contributed by atoms with Crippen molar-refractivity contribution >= 4 is 50.5 Å². The predicted octanol–water partition coefficient (Wildman–Crippen LogP) is 5.23. The molecule has 96 valence electrons. The first-order chi connectivity index (χ1) is 8.47. The summed E-state index contributed by atoms with van der Waals surface area (Å²) in [6.07, 6.45) is -0.537. The van der Waals surface area contributed by atoms with Crippen molar-refractivity contribution in [1.29, 1.82) is 0 Å². The minimum atomic E-state index is -0.806. The SMILES string of the molecule is OC(Cc1cc(F)ccc1Br)c1cc(Cl)sc1Cl. The fourth-order valence-corrected chi connectivity index (χ4v) is 3.57. The highest BCUT2D eigenvalue weighted by atomic mass is 79.9. The van der Waals surface area contributed by atoms with Crippen molar-refractivity contribution in [3.8, 4) is 0 Å². The topological polar surface area (TPSA) is 20.2 Å². The summed E-state index contributed by atoms with van der Waals surface area (Å²) in [6, 6.07) is 5.98. The van der Waals surface area contributed by atoms with E-state index in [1.165, 1.54) is 23.5 Å². The van der Waals surface area contributed by atoms with Gasteiger partial charge < -0.3 is 5.11 Å². The van der Waals surface area contributed by atoms with Crippen LogP contribution < -0.4 is 0 Å². The van der Waals surface area contributed by atoms with E-state index in [2.05, 4.69) is 15.9 Å². The molecular formula is C12H8BrCl2FOS. The molecule has 0 bridgehead atoms. The third-order valence-corrected chi connectivity index (χ3v) is 4.75. The minimum absolute atomic E-state index is 0.269. The minimum Gasteiger partial charge on any atom is -0.388 e. The van der Waals surface area contributed by atoms with Crippen molar-refractivity contribution in [2.45, 2.75) is 12.5 Å². The molecule has 1 atom stereocenters. The lowest BCUT2D eigenvalue weighted by molar-refractivity contribution is 0.179. The number of hydrogen-bond acceptors (Lipinski definition) is 2. The molecule has 0 aliphatic carbocycles. The van der Waals surface area contributed by atoms with E-state index < -0.39 is 6.10 Å². The molecule has 1 nitrogen and oxygen atoms in total. The van der Waals surface area contributed by atoms with Crippen molar-refractivity contribution in [2.75, 3.05) is 0 Å². The molecule has 0 radical (unpaired) electrons. The van der Waals surface area contributed by atoms with Crippen molar-refractivity contribution < 1.29 is 9.50 Å². The highest BCUT2D eigenvalue weighted by molar-refractivity contribution is 9.10. The average Bonchev–Trinajstić information content (AvgIpc) is 2.63. The number of aliphatic hydroxyl groups excluding tert-OH is 1. The quantitative estimate of drug-likeness (QED) is 0.784. The first-order valence-corrected chi connectivity index (χ1v) is 7.40. The van der Waals surface area contributed by atoms with Gasteiger partial charge in [-0.1, -0.05) is 39.1 Å². The summed E-state index contributed by atoms with van der Waals surface area (Å²) in [5, 5.41) is 10.1. The molecule has 1 aromatic heterocycles. The van der Waals surface area contributed by atoms with Crippen LogP contribution in [0.15, 0.2) is 28.7 Å². The van der Waals surface area contributed by atoms with Crippen molar-refractivity contribution in [2.24, 2.45) is 0 Å². The summed E-state index contributed by atoms with van der Waals surface area (Å²) in [5.41, 5.74) is 1.25. The Morgan fingerprint density at radius 3 is 2.67 bits per heavy atom. The van der Waals surface area contributed by atoms with E-state index in [-0.39, 0.29) is 12.2 Å². The van der Waals surface area contributed by atoms with Gasteiger partial charge >= 0.3 is 0 Å². The van der Waals surface area contributed by atoms with Gasteiger partial charge in [-0.3, -0.25) is 0 Å². The Hall–Kier alpha value is -0.130. The van der Waals surface area contributed by atoms with E-state index >= 15 is 0 Å². The van der Waals surface area contributed by atoms with Gasteiger partial charge in [-0.25, -0.2) is 4.39 Å². The molecule has 1 heterocycles. The Balaban J connectivity index is 2.23. The molecule has 0 saturated heterocycles. The van der Waals surface area contributed by atoms with Crippen molar-refractivity contribution in [3.63, 3.8) is 0 Å². The monoisotopic (exact) mass is 368 g/mol. The van der Waals surface area contributed by atoms with Crippen LogP contribution >= 0.6 is 50.5 Å². The number of rotatable bonds is 3. The van der Waals surface area contributed by atoms with Gasteiger partial charge in [0.15, 0.2) is 0 Å². The van der Waals surface area contributed by atoms with Crippen LogP contribution in [0.1, 0.15) is 17.2 Å². The molecule has 2 rings (SSSR count). The Labute approximate surface area is 126 Å². The van der Waals surface area contributed by atoms with Gasteiger partial charge in [-0.15, -0.1) is 11.3 Å². The number of benzene rings is 1. The van der Waals surface area contributed by atoms with E-state index in [0.29, 0.717) is 19.8 Å². The van der Waals surface area contributed by atoms with E-state index in [1.807, 2.05) is 0 Å². The molecule has 18 heavy (non-hydrogen) atoms. The molecule has 6 heteroatoms. The maximum atomic E-state index is 13.1. The molecule has 0 aliphatic heterocycles. The Kier molecular flexibility index (Phi) is 4.67. The molecule has 0 spiro atoms. The second kappa shape index (κ2) is 5.88. The Morgan fingerprint density at radius 2 is 2.06 bits per heavy atom. The smallest absolute Gasteiger partial charge is 0.123 e. The number of thiophene rings is 1. The molecule has 0 aliphatic rings. The standard InChI is InChI=1S/C12H8BrCl2FOS/c13-9-2-1-7(16)3-6(9)4-10(17)8-5-11(14)18-12(8)15/h1-3,5,10,17H,4H2. The second-order valence-corrected chi connectivity index (χ2v) is 6.88. The average molecular weight is 370 g/mol. The lowest BCUT2D eigenvalue weighted by Gasteiger charge is -2.11. The molecule has 2 aromatic rings. The van der Waals surface area contributed by atoms with Gasteiger partial charge in [0.05, 0.1) is 10.4 Å². The zero-order chi connectivity index (χ0) is 13.3. The number of hydrogen-bond donors (Lipinski definition) is 1. The molecule has 0 saturated carbocycles. The largest absolute Gasteiger partial charge is 0.388 e. The zero-order valence-electron chi connectivity index (χ0n) is 8.96. The molecule has 1 aromatic carbocycles. The third-order valence-electron chi connectivity index (χ3n) is 2.46. The highest BCUT2D eigenvalue weighted by Crippen LogP contribution is 2.36. The number of halogens is 4. The Morgan fingerprint density at radius 1 is 1.33 bits per heavy atom. The van der Waals surface area contributed by atoms with Gasteiger partial charge in [0, 0.05) is 16.5 Å². The maximum Gasteiger partial charge on any atom is 0.123 e. The van der Waals surface area contributed by atoms with Gasteiger partial charge in [0.1, 0.15) is 10.2 Å². The van der Waals surface area contributed by atoms with Crippen LogP contribution in [0.5, 0.6) is 0 Å².